The van der Waals surface area contributed by atoms with E-state index < -0.39 is 0 Å². The van der Waals surface area contributed by atoms with Gasteiger partial charge in [-0.2, -0.15) is 0 Å². The number of hydrogen-bond acceptors (Lipinski definition) is 4. The van der Waals surface area contributed by atoms with E-state index >= 15 is 0 Å². The van der Waals surface area contributed by atoms with Crippen molar-refractivity contribution in [2.75, 3.05) is 13.1 Å². The van der Waals surface area contributed by atoms with Gasteiger partial charge in [0.2, 0.25) is 0 Å². The van der Waals surface area contributed by atoms with Gasteiger partial charge in [0, 0.05) is 38.4 Å². The number of aromatic nitrogens is 3. The van der Waals surface area contributed by atoms with Crippen molar-refractivity contribution in [1.82, 2.24) is 25.2 Å². The second-order valence-electron chi connectivity index (χ2n) is 5.21. The third kappa shape index (κ3) is 3.51. The number of aryl methyl sites for hydroxylation is 1. The summed E-state index contributed by atoms with van der Waals surface area (Å²) in [6.45, 7) is 7.58. The molecule has 1 atom stereocenters. The molecule has 1 aliphatic rings. The minimum atomic E-state index is 0.564. The highest BCUT2D eigenvalue weighted by Gasteiger charge is 2.24. The Balaban J connectivity index is 1.86. The highest BCUT2D eigenvalue weighted by Crippen LogP contribution is 2.18. The normalized spacial score (nSPS) is 21.5. The maximum Gasteiger partial charge on any atom is 0.0967 e. The first-order chi connectivity index (χ1) is 8.15. The molecule has 1 N–H and O–H groups in total. The summed E-state index contributed by atoms with van der Waals surface area (Å²) < 4.78 is 1.77. The first-order valence-electron chi connectivity index (χ1n) is 6.48. The number of nitrogens with one attached hydrogen (secondary N) is 1. The van der Waals surface area contributed by atoms with E-state index in [2.05, 4.69) is 34.4 Å². The molecule has 17 heavy (non-hydrogen) atoms. The van der Waals surface area contributed by atoms with Crippen LogP contribution in [0, 0.1) is 0 Å². The Hall–Kier alpha value is -0.940. The fraction of sp³-hybridized carbons (Fsp3) is 0.833. The molecule has 0 saturated carbocycles. The molecule has 0 aliphatic carbocycles. The molecule has 96 valence electrons. The molecule has 0 bridgehead atoms. The lowest BCUT2D eigenvalue weighted by Crippen LogP contribution is -2.39. The third-order valence-corrected chi connectivity index (χ3v) is 3.28. The van der Waals surface area contributed by atoms with Crippen molar-refractivity contribution in [2.24, 2.45) is 7.05 Å². The van der Waals surface area contributed by atoms with Crippen LogP contribution in [0.25, 0.3) is 0 Å². The van der Waals surface area contributed by atoms with Gasteiger partial charge in [0.15, 0.2) is 0 Å². The van der Waals surface area contributed by atoms with Crippen LogP contribution in [-0.2, 0) is 13.6 Å². The number of nitrogens with zero attached hydrogens (tertiary/aromatic N) is 4. The van der Waals surface area contributed by atoms with Crippen molar-refractivity contribution < 1.29 is 0 Å². The molecule has 0 aromatic carbocycles. The van der Waals surface area contributed by atoms with Gasteiger partial charge in [0.1, 0.15) is 0 Å². The minimum absolute atomic E-state index is 0.564. The first kappa shape index (κ1) is 12.5. The summed E-state index contributed by atoms with van der Waals surface area (Å²) in [6.07, 6.45) is 4.59. The molecular weight excluding hydrogens is 214 g/mol. The lowest BCUT2D eigenvalue weighted by molar-refractivity contribution is 0.233. The highest BCUT2D eigenvalue weighted by atomic mass is 15.4. The van der Waals surface area contributed by atoms with Crippen LogP contribution in [0.3, 0.4) is 0 Å². The summed E-state index contributed by atoms with van der Waals surface area (Å²) in [5, 5.41) is 11.7. The first-order valence-corrected chi connectivity index (χ1v) is 6.48. The zero-order valence-electron chi connectivity index (χ0n) is 11.1. The summed E-state index contributed by atoms with van der Waals surface area (Å²) in [4.78, 5) is 2.51. The summed E-state index contributed by atoms with van der Waals surface area (Å²) in [6, 6.07) is 1.22. The summed E-state index contributed by atoms with van der Waals surface area (Å²) in [5.74, 6) is 0. The fourth-order valence-corrected chi connectivity index (χ4v) is 2.38. The molecule has 1 unspecified atom stereocenters. The molecular formula is C12H23N5. The second-order valence-corrected chi connectivity index (χ2v) is 5.21. The van der Waals surface area contributed by atoms with E-state index in [4.69, 9.17) is 0 Å². The lowest BCUT2D eigenvalue weighted by atomic mass is 10.2. The molecule has 0 radical (unpaired) electrons. The van der Waals surface area contributed by atoms with Crippen LogP contribution < -0.4 is 5.32 Å². The maximum absolute atomic E-state index is 4.16. The van der Waals surface area contributed by atoms with E-state index in [9.17, 15) is 0 Å². The van der Waals surface area contributed by atoms with E-state index in [1.165, 1.54) is 19.4 Å². The van der Waals surface area contributed by atoms with Crippen LogP contribution in [0.4, 0.5) is 0 Å². The van der Waals surface area contributed by atoms with E-state index in [1.54, 1.807) is 4.68 Å². The summed E-state index contributed by atoms with van der Waals surface area (Å²) in [5.41, 5.74) is 1.07. The molecule has 1 aromatic heterocycles. The molecule has 1 saturated heterocycles. The zero-order chi connectivity index (χ0) is 12.3. The van der Waals surface area contributed by atoms with Crippen LogP contribution in [-0.4, -0.2) is 45.1 Å². The Morgan fingerprint density at radius 1 is 1.53 bits per heavy atom. The van der Waals surface area contributed by atoms with E-state index in [0.717, 1.165) is 18.8 Å². The highest BCUT2D eigenvalue weighted by molar-refractivity contribution is 4.94. The minimum Gasteiger partial charge on any atom is -0.313 e. The molecule has 0 spiro atoms. The molecule has 5 heteroatoms. The second kappa shape index (κ2) is 5.60. The average Bonchev–Trinajstić information content (AvgIpc) is 2.86. The van der Waals surface area contributed by atoms with Crippen LogP contribution in [0.2, 0.25) is 0 Å². The van der Waals surface area contributed by atoms with E-state index in [1.807, 2.05) is 13.2 Å². The summed E-state index contributed by atoms with van der Waals surface area (Å²) >= 11 is 0. The van der Waals surface area contributed by atoms with Gasteiger partial charge in [0.25, 0.3) is 0 Å². The summed E-state index contributed by atoms with van der Waals surface area (Å²) in [7, 11) is 1.91. The topological polar surface area (TPSA) is 46.0 Å². The molecule has 0 amide bonds. The lowest BCUT2D eigenvalue weighted by Gasteiger charge is -2.24. The molecule has 1 fully saturated rings. The van der Waals surface area contributed by atoms with Crippen molar-refractivity contribution in [3.8, 4) is 0 Å². The number of hydrogen-bond donors (Lipinski definition) is 1. The smallest absolute Gasteiger partial charge is 0.0967 e. The largest absolute Gasteiger partial charge is 0.313 e. The van der Waals surface area contributed by atoms with Gasteiger partial charge in [0.05, 0.1) is 5.69 Å². The number of rotatable bonds is 5. The molecule has 2 heterocycles. The average molecular weight is 237 g/mol. The molecule has 2 rings (SSSR count). The predicted molar refractivity (Wildman–Crippen MR) is 67.6 cm³/mol. The van der Waals surface area contributed by atoms with Crippen LogP contribution in [0.1, 0.15) is 32.4 Å². The van der Waals surface area contributed by atoms with Gasteiger partial charge in [-0.15, -0.1) is 5.10 Å². The van der Waals surface area contributed by atoms with Gasteiger partial charge in [-0.05, 0) is 19.4 Å². The maximum atomic E-state index is 4.16. The van der Waals surface area contributed by atoms with Crippen molar-refractivity contribution >= 4 is 0 Å². The van der Waals surface area contributed by atoms with Crippen molar-refractivity contribution in [2.45, 2.75) is 45.3 Å². The van der Waals surface area contributed by atoms with E-state index in [0.29, 0.717) is 12.1 Å². The Kier molecular flexibility index (Phi) is 4.12. The predicted octanol–water partition coefficient (Wildman–Crippen LogP) is 0.777. The Morgan fingerprint density at radius 2 is 2.35 bits per heavy atom. The van der Waals surface area contributed by atoms with Crippen LogP contribution in [0.5, 0.6) is 0 Å². The Bertz CT molecular complexity index is 346. The van der Waals surface area contributed by atoms with E-state index in [-0.39, 0.29) is 0 Å². The molecule has 5 nitrogen and oxygen atoms in total. The molecule has 1 aliphatic heterocycles. The Morgan fingerprint density at radius 3 is 3.00 bits per heavy atom. The van der Waals surface area contributed by atoms with Crippen LogP contribution >= 0.6 is 0 Å². The van der Waals surface area contributed by atoms with Gasteiger partial charge >= 0.3 is 0 Å². The standard InChI is InChI=1S/C12H23N5/c1-10(2)13-7-12-5-4-6-17(12)9-11-8-16(3)15-14-11/h8,10,12-13H,4-7,9H2,1-3H3. The monoisotopic (exact) mass is 237 g/mol. The Labute approximate surface area is 103 Å². The third-order valence-electron chi connectivity index (χ3n) is 3.28. The van der Waals surface area contributed by atoms with Gasteiger partial charge in [-0.3, -0.25) is 9.58 Å². The number of likely N-dealkylation sites (tertiary alicyclic amines) is 1. The molecule has 1 aromatic rings. The fourth-order valence-electron chi connectivity index (χ4n) is 2.38. The van der Waals surface area contributed by atoms with Gasteiger partial charge in [-0.1, -0.05) is 19.1 Å². The van der Waals surface area contributed by atoms with Crippen molar-refractivity contribution in [1.29, 1.82) is 0 Å². The van der Waals surface area contributed by atoms with Crippen molar-refractivity contribution in [3.63, 3.8) is 0 Å². The zero-order valence-corrected chi connectivity index (χ0v) is 11.1. The van der Waals surface area contributed by atoms with Crippen LogP contribution in [0.15, 0.2) is 6.20 Å². The SMILES string of the molecule is CC(C)NCC1CCCN1Cc1cn(C)nn1. The van der Waals surface area contributed by atoms with Crippen molar-refractivity contribution in [3.05, 3.63) is 11.9 Å². The van der Waals surface area contributed by atoms with Gasteiger partial charge in [-0.25, -0.2) is 0 Å². The van der Waals surface area contributed by atoms with Gasteiger partial charge < -0.3 is 5.32 Å². The quantitative estimate of drug-likeness (QED) is 0.822.